The van der Waals surface area contributed by atoms with Crippen molar-refractivity contribution in [2.75, 3.05) is 23.0 Å². The van der Waals surface area contributed by atoms with Crippen LogP contribution in [0.5, 0.6) is 0 Å². The fourth-order valence-electron chi connectivity index (χ4n) is 2.87. The third-order valence-electron chi connectivity index (χ3n) is 4.31. The van der Waals surface area contributed by atoms with E-state index in [0.29, 0.717) is 5.69 Å². The van der Waals surface area contributed by atoms with Crippen LogP contribution in [0.2, 0.25) is 0 Å². The van der Waals surface area contributed by atoms with Crippen LogP contribution in [-0.4, -0.2) is 24.9 Å². The van der Waals surface area contributed by atoms with Crippen molar-refractivity contribution in [1.82, 2.24) is 5.43 Å². The Morgan fingerprint density at radius 2 is 1.62 bits per heavy atom. The second-order valence-corrected chi connectivity index (χ2v) is 6.80. The Kier molecular flexibility index (Phi) is 5.42. The number of halogens is 1. The summed E-state index contributed by atoms with van der Waals surface area (Å²) in [5.41, 5.74) is 5.29. The van der Waals surface area contributed by atoms with Crippen LogP contribution in [0, 0.1) is 0 Å². The highest BCUT2D eigenvalue weighted by Crippen LogP contribution is 2.24. The van der Waals surface area contributed by atoms with Crippen LogP contribution in [-0.2, 0) is 9.59 Å². The Balaban J connectivity index is 1.83. The SMILES string of the molecule is CCN(CC)c1ccc(C=C2C(=O)NN(c3ccc(Br)cc3)C2=O)cc1. The van der Waals surface area contributed by atoms with Gasteiger partial charge in [0.05, 0.1) is 5.69 Å². The second-order valence-electron chi connectivity index (χ2n) is 5.88. The molecule has 2 aromatic carbocycles. The smallest absolute Gasteiger partial charge is 0.282 e. The van der Waals surface area contributed by atoms with Crippen LogP contribution in [0.4, 0.5) is 11.4 Å². The third kappa shape index (κ3) is 3.65. The van der Waals surface area contributed by atoms with Gasteiger partial charge in [-0.3, -0.25) is 15.0 Å². The lowest BCUT2D eigenvalue weighted by Crippen LogP contribution is -2.35. The minimum Gasteiger partial charge on any atom is -0.372 e. The summed E-state index contributed by atoms with van der Waals surface area (Å²) in [4.78, 5) is 27.1. The molecule has 1 saturated heterocycles. The van der Waals surface area contributed by atoms with E-state index in [1.807, 2.05) is 36.4 Å². The molecule has 1 aliphatic heterocycles. The van der Waals surface area contributed by atoms with Crippen molar-refractivity contribution in [3.63, 3.8) is 0 Å². The summed E-state index contributed by atoms with van der Waals surface area (Å²) in [6, 6.07) is 15.0. The van der Waals surface area contributed by atoms with Gasteiger partial charge in [-0.2, -0.15) is 0 Å². The van der Waals surface area contributed by atoms with Crippen LogP contribution in [0.1, 0.15) is 19.4 Å². The summed E-state index contributed by atoms with van der Waals surface area (Å²) in [6.45, 7) is 6.08. The van der Waals surface area contributed by atoms with E-state index >= 15 is 0 Å². The van der Waals surface area contributed by atoms with Crippen LogP contribution in [0.15, 0.2) is 58.6 Å². The van der Waals surface area contributed by atoms with Crippen molar-refractivity contribution < 1.29 is 9.59 Å². The van der Waals surface area contributed by atoms with Crippen molar-refractivity contribution in [1.29, 1.82) is 0 Å². The van der Waals surface area contributed by atoms with Gasteiger partial charge in [0.25, 0.3) is 11.8 Å². The minimum atomic E-state index is -0.397. The Morgan fingerprint density at radius 3 is 2.19 bits per heavy atom. The van der Waals surface area contributed by atoms with Gasteiger partial charge in [-0.05, 0) is 61.9 Å². The molecule has 2 aromatic rings. The Labute approximate surface area is 161 Å². The van der Waals surface area contributed by atoms with Gasteiger partial charge in [-0.1, -0.05) is 28.1 Å². The van der Waals surface area contributed by atoms with Crippen LogP contribution in [0.3, 0.4) is 0 Å². The number of rotatable bonds is 5. The standard InChI is InChI=1S/C20H20BrN3O2/c1-3-23(4-2)16-9-5-14(6-10-16)13-18-19(25)22-24(20(18)26)17-11-7-15(21)8-12-17/h5-13H,3-4H2,1-2H3,(H,22,25). The Morgan fingerprint density at radius 1 is 1.00 bits per heavy atom. The maximum atomic E-state index is 12.6. The van der Waals surface area contributed by atoms with E-state index in [2.05, 4.69) is 40.1 Å². The maximum Gasteiger partial charge on any atom is 0.282 e. The molecule has 1 fully saturated rings. The number of hydrogen-bond donors (Lipinski definition) is 1. The molecule has 0 spiro atoms. The Hall–Kier alpha value is -2.60. The predicted molar refractivity (Wildman–Crippen MR) is 108 cm³/mol. The molecular formula is C20H20BrN3O2. The first-order valence-electron chi connectivity index (χ1n) is 8.51. The molecule has 6 heteroatoms. The average molecular weight is 414 g/mol. The summed E-state index contributed by atoms with van der Waals surface area (Å²) in [7, 11) is 0. The number of nitrogens with one attached hydrogen (secondary N) is 1. The third-order valence-corrected chi connectivity index (χ3v) is 4.84. The molecule has 0 unspecified atom stereocenters. The number of amides is 2. The van der Waals surface area contributed by atoms with Gasteiger partial charge < -0.3 is 4.90 Å². The van der Waals surface area contributed by atoms with E-state index in [1.165, 1.54) is 5.01 Å². The van der Waals surface area contributed by atoms with Crippen LogP contribution < -0.4 is 15.3 Å². The van der Waals surface area contributed by atoms with E-state index in [4.69, 9.17) is 0 Å². The van der Waals surface area contributed by atoms with E-state index in [1.54, 1.807) is 18.2 Å². The minimum absolute atomic E-state index is 0.128. The quantitative estimate of drug-likeness (QED) is 0.599. The molecule has 0 radical (unpaired) electrons. The molecule has 0 aromatic heterocycles. The number of nitrogens with zero attached hydrogens (tertiary/aromatic N) is 2. The number of anilines is 2. The average Bonchev–Trinajstić information content (AvgIpc) is 2.93. The fourth-order valence-corrected chi connectivity index (χ4v) is 3.13. The van der Waals surface area contributed by atoms with E-state index in [9.17, 15) is 9.59 Å². The molecule has 26 heavy (non-hydrogen) atoms. The highest BCUT2D eigenvalue weighted by atomic mass is 79.9. The zero-order valence-electron chi connectivity index (χ0n) is 14.7. The number of carbonyl (C=O) groups excluding carboxylic acids is 2. The van der Waals surface area contributed by atoms with Gasteiger partial charge in [0, 0.05) is 23.2 Å². The summed E-state index contributed by atoms with van der Waals surface area (Å²) >= 11 is 3.36. The summed E-state index contributed by atoms with van der Waals surface area (Å²) in [6.07, 6.45) is 1.63. The van der Waals surface area contributed by atoms with Gasteiger partial charge in [0.15, 0.2) is 0 Å². The molecule has 0 aliphatic carbocycles. The fraction of sp³-hybridized carbons (Fsp3) is 0.200. The summed E-state index contributed by atoms with van der Waals surface area (Å²) < 4.78 is 0.906. The van der Waals surface area contributed by atoms with Crippen molar-refractivity contribution in [2.45, 2.75) is 13.8 Å². The van der Waals surface area contributed by atoms with Crippen LogP contribution >= 0.6 is 15.9 Å². The van der Waals surface area contributed by atoms with E-state index in [-0.39, 0.29) is 11.5 Å². The second kappa shape index (κ2) is 7.74. The van der Waals surface area contributed by atoms with Gasteiger partial charge in [-0.25, -0.2) is 5.01 Å². The molecule has 1 heterocycles. The lowest BCUT2D eigenvalue weighted by atomic mass is 10.1. The zero-order valence-corrected chi connectivity index (χ0v) is 16.3. The normalized spacial score (nSPS) is 15.5. The number of benzene rings is 2. The molecule has 0 saturated carbocycles. The molecule has 3 rings (SSSR count). The van der Waals surface area contributed by atoms with Gasteiger partial charge in [0.2, 0.25) is 0 Å². The predicted octanol–water partition coefficient (Wildman–Crippen LogP) is 3.76. The molecule has 5 nitrogen and oxygen atoms in total. The first-order chi connectivity index (χ1) is 12.5. The first-order valence-corrected chi connectivity index (χ1v) is 9.30. The molecule has 1 aliphatic rings. The highest BCUT2D eigenvalue weighted by molar-refractivity contribution is 9.10. The topological polar surface area (TPSA) is 52.7 Å². The zero-order chi connectivity index (χ0) is 18.7. The number of hydrogen-bond acceptors (Lipinski definition) is 3. The monoisotopic (exact) mass is 413 g/mol. The van der Waals surface area contributed by atoms with Crippen molar-refractivity contribution >= 4 is 45.2 Å². The van der Waals surface area contributed by atoms with Gasteiger partial charge in [0.1, 0.15) is 5.57 Å². The molecule has 0 atom stereocenters. The Bertz CT molecular complexity index is 840. The van der Waals surface area contributed by atoms with Crippen LogP contribution in [0.25, 0.3) is 6.08 Å². The summed E-state index contributed by atoms with van der Waals surface area (Å²) in [5, 5.41) is 1.27. The summed E-state index contributed by atoms with van der Waals surface area (Å²) in [5.74, 6) is -0.754. The van der Waals surface area contributed by atoms with Gasteiger partial charge >= 0.3 is 0 Å². The molecular weight excluding hydrogens is 394 g/mol. The maximum absolute atomic E-state index is 12.6. The van der Waals surface area contributed by atoms with Crippen molar-refractivity contribution in [3.05, 3.63) is 64.1 Å². The number of hydrazine groups is 1. The largest absolute Gasteiger partial charge is 0.372 e. The highest BCUT2D eigenvalue weighted by Gasteiger charge is 2.34. The lowest BCUT2D eigenvalue weighted by molar-refractivity contribution is -0.117. The molecule has 1 N–H and O–H groups in total. The van der Waals surface area contributed by atoms with E-state index < -0.39 is 5.91 Å². The molecule has 0 bridgehead atoms. The first kappa shape index (κ1) is 18.2. The number of carbonyl (C=O) groups is 2. The molecule has 2 amide bonds. The lowest BCUT2D eigenvalue weighted by Gasteiger charge is -2.20. The van der Waals surface area contributed by atoms with E-state index in [0.717, 1.165) is 28.8 Å². The van der Waals surface area contributed by atoms with Gasteiger partial charge in [-0.15, -0.1) is 0 Å². The molecule has 134 valence electrons. The van der Waals surface area contributed by atoms with Crippen molar-refractivity contribution in [2.24, 2.45) is 0 Å². The van der Waals surface area contributed by atoms with Crippen molar-refractivity contribution in [3.8, 4) is 0 Å².